The maximum absolute atomic E-state index is 11.5. The van der Waals surface area contributed by atoms with Crippen LogP contribution in [0.5, 0.6) is 0 Å². The van der Waals surface area contributed by atoms with E-state index < -0.39 is 0 Å². The van der Waals surface area contributed by atoms with Crippen LogP contribution < -0.4 is 5.43 Å². The second-order valence-electron chi connectivity index (χ2n) is 4.29. The first-order valence-corrected chi connectivity index (χ1v) is 5.68. The minimum atomic E-state index is 0.0419. The summed E-state index contributed by atoms with van der Waals surface area (Å²) in [5.41, 5.74) is 5.05. The van der Waals surface area contributed by atoms with Gasteiger partial charge in [-0.3, -0.25) is 10.2 Å². The fourth-order valence-electron chi connectivity index (χ4n) is 1.89. The number of hydrogen-bond acceptors (Lipinski definition) is 2. The number of hydrogen-bond donors (Lipinski definition) is 2. The van der Waals surface area contributed by atoms with Crippen LogP contribution in [-0.4, -0.2) is 30.0 Å². The topological polar surface area (TPSA) is 48.1 Å². The lowest BCUT2D eigenvalue weighted by molar-refractivity contribution is -0.124. The molecule has 0 aliphatic rings. The van der Waals surface area contributed by atoms with Gasteiger partial charge in [0.2, 0.25) is 5.91 Å². The zero-order chi connectivity index (χ0) is 12.3. The van der Waals surface area contributed by atoms with Crippen molar-refractivity contribution in [3.63, 3.8) is 0 Å². The molecule has 4 heteroatoms. The van der Waals surface area contributed by atoms with Crippen molar-refractivity contribution in [1.29, 1.82) is 0 Å². The Morgan fingerprint density at radius 2 is 2.12 bits per heavy atom. The molecule has 17 heavy (non-hydrogen) atoms. The number of nitrogens with zero attached hydrogens (tertiary/aromatic N) is 1. The molecule has 2 N–H and O–H groups in total. The van der Waals surface area contributed by atoms with E-state index in [-0.39, 0.29) is 5.91 Å². The van der Waals surface area contributed by atoms with Crippen molar-refractivity contribution in [3.8, 4) is 0 Å². The highest BCUT2D eigenvalue weighted by molar-refractivity contribution is 5.84. The van der Waals surface area contributed by atoms with Gasteiger partial charge in [-0.15, -0.1) is 0 Å². The van der Waals surface area contributed by atoms with Crippen LogP contribution in [0.1, 0.15) is 12.0 Å². The maximum atomic E-state index is 11.5. The number of hydrazine groups is 1. The molecule has 0 atom stereocenters. The fraction of sp³-hybridized carbons (Fsp3) is 0.308. The molecule has 0 saturated carbocycles. The average Bonchev–Trinajstić information content (AvgIpc) is 2.69. The highest BCUT2D eigenvalue weighted by Gasteiger charge is 2.06. The van der Waals surface area contributed by atoms with Crippen molar-refractivity contribution in [3.05, 3.63) is 36.0 Å². The zero-order valence-electron chi connectivity index (χ0n) is 10.2. The lowest BCUT2D eigenvalue weighted by Crippen LogP contribution is -2.36. The Morgan fingerprint density at radius 1 is 1.35 bits per heavy atom. The molecular weight excluding hydrogens is 214 g/mol. The van der Waals surface area contributed by atoms with Gasteiger partial charge in [0, 0.05) is 37.6 Å². The first-order chi connectivity index (χ1) is 8.16. The number of benzene rings is 1. The summed E-state index contributed by atoms with van der Waals surface area (Å²) >= 11 is 0. The van der Waals surface area contributed by atoms with Crippen molar-refractivity contribution in [2.24, 2.45) is 0 Å². The number of fused-ring (bicyclic) bond motifs is 1. The van der Waals surface area contributed by atoms with Crippen LogP contribution in [0.25, 0.3) is 10.9 Å². The summed E-state index contributed by atoms with van der Waals surface area (Å²) in [6.45, 7) is 0. The Labute approximate surface area is 101 Å². The zero-order valence-corrected chi connectivity index (χ0v) is 10.2. The molecule has 1 amide bonds. The van der Waals surface area contributed by atoms with Gasteiger partial charge in [-0.2, -0.15) is 0 Å². The summed E-state index contributed by atoms with van der Waals surface area (Å²) in [5.74, 6) is 0.0419. The molecular formula is C13H17N3O. The first kappa shape index (κ1) is 11.7. The quantitative estimate of drug-likeness (QED) is 0.787. The number of H-pyrrole nitrogens is 1. The monoisotopic (exact) mass is 231 g/mol. The van der Waals surface area contributed by atoms with E-state index in [9.17, 15) is 4.79 Å². The number of aromatic amines is 1. The van der Waals surface area contributed by atoms with Gasteiger partial charge < -0.3 is 4.98 Å². The summed E-state index contributed by atoms with van der Waals surface area (Å²) in [6, 6.07) is 8.13. The highest BCUT2D eigenvalue weighted by Crippen LogP contribution is 2.18. The van der Waals surface area contributed by atoms with Crippen molar-refractivity contribution in [2.75, 3.05) is 14.1 Å². The van der Waals surface area contributed by atoms with Crippen LogP contribution in [0.3, 0.4) is 0 Å². The van der Waals surface area contributed by atoms with Crippen LogP contribution in [0.15, 0.2) is 30.5 Å². The lowest BCUT2D eigenvalue weighted by Gasteiger charge is -2.11. The van der Waals surface area contributed by atoms with E-state index >= 15 is 0 Å². The third-order valence-corrected chi connectivity index (χ3v) is 2.64. The van der Waals surface area contributed by atoms with Crippen LogP contribution in [0, 0.1) is 0 Å². The van der Waals surface area contributed by atoms with Gasteiger partial charge in [0.15, 0.2) is 0 Å². The van der Waals surface area contributed by atoms with E-state index in [4.69, 9.17) is 0 Å². The Balaban J connectivity index is 2.02. The largest absolute Gasteiger partial charge is 0.361 e. The fourth-order valence-corrected chi connectivity index (χ4v) is 1.89. The van der Waals surface area contributed by atoms with Gasteiger partial charge in [-0.25, -0.2) is 5.01 Å². The standard InChI is InChI=1S/C13H17N3O/c1-16(2)15-13(17)8-7-10-9-14-12-6-4-3-5-11(10)12/h3-6,9,14H,7-8H2,1-2H3,(H,15,17). The molecule has 1 heterocycles. The van der Waals surface area contributed by atoms with Crippen LogP contribution in [0.4, 0.5) is 0 Å². The van der Waals surface area contributed by atoms with Gasteiger partial charge in [-0.05, 0) is 18.1 Å². The molecule has 0 fully saturated rings. The van der Waals surface area contributed by atoms with E-state index in [0.717, 1.165) is 11.9 Å². The Morgan fingerprint density at radius 3 is 2.88 bits per heavy atom. The van der Waals surface area contributed by atoms with Crippen molar-refractivity contribution < 1.29 is 4.79 Å². The number of aryl methyl sites for hydroxylation is 1. The molecule has 90 valence electrons. The third-order valence-electron chi connectivity index (χ3n) is 2.64. The number of nitrogens with one attached hydrogen (secondary N) is 2. The normalized spacial score (nSPS) is 11.0. The van der Waals surface area contributed by atoms with E-state index in [0.29, 0.717) is 6.42 Å². The number of para-hydroxylation sites is 1. The molecule has 2 aromatic rings. The number of amides is 1. The van der Waals surface area contributed by atoms with Crippen LogP contribution in [-0.2, 0) is 11.2 Å². The minimum Gasteiger partial charge on any atom is -0.361 e. The van der Waals surface area contributed by atoms with E-state index in [1.807, 2.05) is 38.5 Å². The molecule has 4 nitrogen and oxygen atoms in total. The lowest BCUT2D eigenvalue weighted by atomic mass is 10.1. The summed E-state index contributed by atoms with van der Waals surface area (Å²) in [7, 11) is 3.62. The van der Waals surface area contributed by atoms with Gasteiger partial charge in [-0.1, -0.05) is 18.2 Å². The van der Waals surface area contributed by atoms with Gasteiger partial charge >= 0.3 is 0 Å². The van der Waals surface area contributed by atoms with E-state index in [1.165, 1.54) is 10.9 Å². The molecule has 0 spiro atoms. The smallest absolute Gasteiger partial charge is 0.234 e. The summed E-state index contributed by atoms with van der Waals surface area (Å²) in [6.07, 6.45) is 3.23. The van der Waals surface area contributed by atoms with Crippen molar-refractivity contribution >= 4 is 16.8 Å². The number of rotatable bonds is 4. The Bertz CT molecular complexity index is 516. The Hall–Kier alpha value is -1.81. The van der Waals surface area contributed by atoms with E-state index in [1.54, 1.807) is 5.01 Å². The minimum absolute atomic E-state index is 0.0419. The maximum Gasteiger partial charge on any atom is 0.234 e. The molecule has 0 unspecified atom stereocenters. The van der Waals surface area contributed by atoms with Crippen LogP contribution in [0.2, 0.25) is 0 Å². The summed E-state index contributed by atoms with van der Waals surface area (Å²) < 4.78 is 0. The van der Waals surface area contributed by atoms with Gasteiger partial charge in [0.1, 0.15) is 0 Å². The van der Waals surface area contributed by atoms with Crippen molar-refractivity contribution in [1.82, 2.24) is 15.4 Å². The second-order valence-corrected chi connectivity index (χ2v) is 4.29. The first-order valence-electron chi connectivity index (χ1n) is 5.68. The van der Waals surface area contributed by atoms with Crippen LogP contribution >= 0.6 is 0 Å². The SMILES string of the molecule is CN(C)NC(=O)CCc1c[nH]c2ccccc12. The highest BCUT2D eigenvalue weighted by atomic mass is 16.2. The van der Waals surface area contributed by atoms with E-state index in [2.05, 4.69) is 16.5 Å². The second kappa shape index (κ2) is 5.01. The van der Waals surface area contributed by atoms with Gasteiger partial charge in [0.25, 0.3) is 0 Å². The molecule has 1 aromatic heterocycles. The molecule has 1 aromatic carbocycles. The molecule has 0 bridgehead atoms. The summed E-state index contributed by atoms with van der Waals surface area (Å²) in [5, 5.41) is 2.86. The van der Waals surface area contributed by atoms with Crippen molar-refractivity contribution in [2.45, 2.75) is 12.8 Å². The predicted molar refractivity (Wildman–Crippen MR) is 68.4 cm³/mol. The molecule has 0 saturated heterocycles. The third kappa shape index (κ3) is 2.85. The van der Waals surface area contributed by atoms with Gasteiger partial charge in [0.05, 0.1) is 0 Å². The average molecular weight is 231 g/mol. The molecule has 0 aliphatic heterocycles. The molecule has 2 rings (SSSR count). The summed E-state index contributed by atoms with van der Waals surface area (Å²) in [4.78, 5) is 14.7. The number of carbonyl (C=O) groups is 1. The number of aromatic nitrogens is 1. The Kier molecular flexibility index (Phi) is 3.44. The predicted octanol–water partition coefficient (Wildman–Crippen LogP) is 1.69. The molecule has 0 aliphatic carbocycles. The molecule has 0 radical (unpaired) electrons. The number of carbonyl (C=O) groups excluding carboxylic acids is 1.